The largest absolute Gasteiger partial charge is 0.311 e. The molecule has 9 rings (SSSR count). The zero-order valence-electron chi connectivity index (χ0n) is 30.5. The third-order valence-corrected chi connectivity index (χ3v) is 10.7. The molecule has 0 aliphatic rings. The molecule has 0 saturated heterocycles. The summed E-state index contributed by atoms with van der Waals surface area (Å²) in [4.78, 5) is 19.5. The molecular weight excluding hydrogens is 701 g/mol. The smallest absolute Gasteiger partial charge is 0.164 e. The van der Waals surface area contributed by atoms with Crippen LogP contribution < -0.4 is 4.90 Å². The Hall–Kier alpha value is -7.08. The van der Waals surface area contributed by atoms with E-state index in [1.54, 1.807) is 11.8 Å². The Kier molecular flexibility index (Phi) is 9.98. The van der Waals surface area contributed by atoms with E-state index in [4.69, 9.17) is 15.0 Å². The van der Waals surface area contributed by atoms with E-state index >= 15 is 0 Å². The SMILES string of the molecule is c1ccc(Sc2cc(-c3nc(-c4ccccc4)nc(-c4ccccc4)n3)ccc2-c2ccc(N(c3ccccc3)c3ccc(-c4ccccc4)cc3)cc2)cc1. The topological polar surface area (TPSA) is 41.9 Å². The highest BCUT2D eigenvalue weighted by Gasteiger charge is 2.17. The van der Waals surface area contributed by atoms with Crippen molar-refractivity contribution in [2.45, 2.75) is 9.79 Å². The maximum Gasteiger partial charge on any atom is 0.164 e. The van der Waals surface area contributed by atoms with Crippen molar-refractivity contribution in [2.24, 2.45) is 0 Å². The van der Waals surface area contributed by atoms with Crippen LogP contribution in [-0.4, -0.2) is 15.0 Å². The van der Waals surface area contributed by atoms with E-state index in [1.807, 2.05) is 60.7 Å². The summed E-state index contributed by atoms with van der Waals surface area (Å²) >= 11 is 1.74. The predicted octanol–water partition coefficient (Wildman–Crippen LogP) is 13.8. The van der Waals surface area contributed by atoms with Gasteiger partial charge in [-0.25, -0.2) is 15.0 Å². The van der Waals surface area contributed by atoms with Crippen molar-refractivity contribution in [1.29, 1.82) is 0 Å². The van der Waals surface area contributed by atoms with E-state index in [1.165, 1.54) is 11.1 Å². The minimum Gasteiger partial charge on any atom is -0.311 e. The molecule has 0 atom stereocenters. The highest BCUT2D eigenvalue weighted by atomic mass is 32.2. The summed E-state index contributed by atoms with van der Waals surface area (Å²) < 4.78 is 0. The van der Waals surface area contributed by atoms with Crippen molar-refractivity contribution < 1.29 is 0 Å². The van der Waals surface area contributed by atoms with Gasteiger partial charge < -0.3 is 4.90 Å². The lowest BCUT2D eigenvalue weighted by molar-refractivity contribution is 1.07. The van der Waals surface area contributed by atoms with Crippen LogP contribution in [0.4, 0.5) is 17.1 Å². The average Bonchev–Trinajstić information content (AvgIpc) is 3.28. The van der Waals surface area contributed by atoms with Crippen LogP contribution in [-0.2, 0) is 0 Å². The molecule has 56 heavy (non-hydrogen) atoms. The fraction of sp³-hybridized carbons (Fsp3) is 0. The summed E-state index contributed by atoms with van der Waals surface area (Å²) in [5, 5.41) is 0. The maximum absolute atomic E-state index is 5.02. The van der Waals surface area contributed by atoms with Crippen molar-refractivity contribution in [2.75, 3.05) is 4.90 Å². The van der Waals surface area contributed by atoms with Gasteiger partial charge in [0.2, 0.25) is 0 Å². The number of anilines is 3. The minimum atomic E-state index is 0.631. The molecule has 0 aliphatic heterocycles. The second-order valence-electron chi connectivity index (χ2n) is 13.3. The lowest BCUT2D eigenvalue weighted by Crippen LogP contribution is -2.09. The van der Waals surface area contributed by atoms with Crippen LogP contribution in [0.3, 0.4) is 0 Å². The van der Waals surface area contributed by atoms with Gasteiger partial charge in [0.05, 0.1) is 0 Å². The number of hydrogen-bond acceptors (Lipinski definition) is 5. The first-order valence-corrected chi connectivity index (χ1v) is 19.4. The molecular formula is C51H36N4S. The molecule has 0 N–H and O–H groups in total. The Morgan fingerprint density at radius 1 is 0.304 bits per heavy atom. The van der Waals surface area contributed by atoms with Crippen LogP contribution >= 0.6 is 11.8 Å². The van der Waals surface area contributed by atoms with Crippen molar-refractivity contribution in [3.63, 3.8) is 0 Å². The molecule has 0 fully saturated rings. The molecule has 0 aliphatic carbocycles. The second kappa shape index (κ2) is 16.1. The first-order valence-electron chi connectivity index (χ1n) is 18.6. The maximum atomic E-state index is 5.02. The van der Waals surface area contributed by atoms with E-state index < -0.39 is 0 Å². The zero-order chi connectivity index (χ0) is 37.5. The van der Waals surface area contributed by atoms with Gasteiger partial charge in [-0.2, -0.15) is 0 Å². The molecule has 0 bridgehead atoms. The van der Waals surface area contributed by atoms with Crippen LogP contribution in [0.5, 0.6) is 0 Å². The van der Waals surface area contributed by atoms with E-state index in [2.05, 4.69) is 163 Å². The monoisotopic (exact) mass is 736 g/mol. The minimum absolute atomic E-state index is 0.631. The van der Waals surface area contributed by atoms with E-state index in [0.29, 0.717) is 17.5 Å². The molecule has 1 aromatic heterocycles. The zero-order valence-corrected chi connectivity index (χ0v) is 31.3. The van der Waals surface area contributed by atoms with Gasteiger partial charge in [0.1, 0.15) is 0 Å². The summed E-state index contributed by atoms with van der Waals surface area (Å²) in [6, 6.07) is 75.9. The Balaban J connectivity index is 1.11. The molecule has 0 unspecified atom stereocenters. The number of para-hydroxylation sites is 1. The normalized spacial score (nSPS) is 10.9. The van der Waals surface area contributed by atoms with Crippen LogP contribution in [0.2, 0.25) is 0 Å². The molecule has 1 heterocycles. The Morgan fingerprint density at radius 3 is 1.20 bits per heavy atom. The highest BCUT2D eigenvalue weighted by Crippen LogP contribution is 2.41. The summed E-state index contributed by atoms with van der Waals surface area (Å²) in [5.41, 5.74) is 10.7. The third-order valence-electron chi connectivity index (χ3n) is 9.59. The van der Waals surface area contributed by atoms with Crippen molar-refractivity contribution in [1.82, 2.24) is 15.0 Å². The van der Waals surface area contributed by atoms with E-state index in [-0.39, 0.29) is 0 Å². The van der Waals surface area contributed by atoms with E-state index in [0.717, 1.165) is 54.7 Å². The fourth-order valence-corrected chi connectivity index (χ4v) is 7.81. The Morgan fingerprint density at radius 2 is 0.679 bits per heavy atom. The highest BCUT2D eigenvalue weighted by molar-refractivity contribution is 7.99. The number of nitrogens with zero attached hydrogens (tertiary/aromatic N) is 4. The lowest BCUT2D eigenvalue weighted by Gasteiger charge is -2.26. The standard InChI is InChI=1S/C51H36N4S/c1-6-16-37(17-7-1)38-26-31-44(32-27-38)55(43-22-12-4-13-23-43)45-33-28-39(29-34-45)47-35-30-42(36-48(47)56-46-24-14-5-15-25-46)51-53-49(40-18-8-2-9-19-40)52-50(54-51)41-20-10-3-11-21-41/h1-36H. The first-order chi connectivity index (χ1) is 27.7. The molecule has 5 heteroatoms. The van der Waals surface area contributed by atoms with Crippen molar-refractivity contribution in [3.05, 3.63) is 218 Å². The number of benzene rings is 8. The molecule has 9 aromatic rings. The quantitative estimate of drug-likeness (QED) is 0.140. The summed E-state index contributed by atoms with van der Waals surface area (Å²) in [5.74, 6) is 1.92. The van der Waals surface area contributed by atoms with Gasteiger partial charge in [0.25, 0.3) is 0 Å². The van der Waals surface area contributed by atoms with Gasteiger partial charge in [-0.05, 0) is 76.9 Å². The van der Waals surface area contributed by atoms with Gasteiger partial charge in [0, 0.05) is 43.5 Å². The Bertz CT molecular complexity index is 2610. The molecule has 8 aromatic carbocycles. The first kappa shape index (κ1) is 34.7. The van der Waals surface area contributed by atoms with Gasteiger partial charge in [0.15, 0.2) is 17.5 Å². The molecule has 0 amide bonds. The molecule has 266 valence electrons. The predicted molar refractivity (Wildman–Crippen MR) is 232 cm³/mol. The third kappa shape index (κ3) is 7.62. The van der Waals surface area contributed by atoms with Gasteiger partial charge >= 0.3 is 0 Å². The molecule has 0 spiro atoms. The number of aromatic nitrogens is 3. The van der Waals surface area contributed by atoms with Crippen molar-refractivity contribution in [3.8, 4) is 56.4 Å². The summed E-state index contributed by atoms with van der Waals surface area (Å²) in [6.07, 6.45) is 0. The number of hydrogen-bond donors (Lipinski definition) is 0. The molecule has 0 saturated carbocycles. The van der Waals surface area contributed by atoms with Gasteiger partial charge in [-0.1, -0.05) is 176 Å². The van der Waals surface area contributed by atoms with Crippen LogP contribution in [0.1, 0.15) is 0 Å². The van der Waals surface area contributed by atoms with Crippen molar-refractivity contribution >= 4 is 28.8 Å². The van der Waals surface area contributed by atoms with Crippen LogP contribution in [0.15, 0.2) is 228 Å². The molecule has 0 radical (unpaired) electrons. The van der Waals surface area contributed by atoms with E-state index in [9.17, 15) is 0 Å². The average molecular weight is 737 g/mol. The fourth-order valence-electron chi connectivity index (χ4n) is 6.79. The second-order valence-corrected chi connectivity index (χ2v) is 14.4. The summed E-state index contributed by atoms with van der Waals surface area (Å²) in [6.45, 7) is 0. The van der Waals surface area contributed by atoms with Crippen LogP contribution in [0, 0.1) is 0 Å². The van der Waals surface area contributed by atoms with Gasteiger partial charge in [-0.3, -0.25) is 0 Å². The van der Waals surface area contributed by atoms with Crippen LogP contribution in [0.25, 0.3) is 56.4 Å². The number of rotatable bonds is 10. The van der Waals surface area contributed by atoms with Gasteiger partial charge in [-0.15, -0.1) is 0 Å². The summed E-state index contributed by atoms with van der Waals surface area (Å²) in [7, 11) is 0. The lowest BCUT2D eigenvalue weighted by atomic mass is 10.0. The Labute approximate surface area is 331 Å². The molecule has 4 nitrogen and oxygen atoms in total.